The van der Waals surface area contributed by atoms with Crippen molar-refractivity contribution >= 4 is 25.5 Å². The molecule has 0 aromatic rings. The van der Waals surface area contributed by atoms with Gasteiger partial charge in [0.25, 0.3) is 0 Å². The molecule has 0 aromatic heterocycles. The van der Waals surface area contributed by atoms with Gasteiger partial charge in [-0.25, -0.2) is 0 Å². The second-order valence-electron chi connectivity index (χ2n) is 14.6. The molecule has 8 nitrogen and oxygen atoms in total. The van der Waals surface area contributed by atoms with Crippen LogP contribution in [0.25, 0.3) is 0 Å². The van der Waals surface area contributed by atoms with Crippen LogP contribution in [-0.2, 0) is 18.9 Å². The fraction of sp³-hybridized carbons (Fsp3) is 0.925. The molecule has 0 spiro atoms. The zero-order chi connectivity index (χ0) is 36.6. The van der Waals surface area contributed by atoms with Gasteiger partial charge in [-0.3, -0.25) is 20.1 Å². The van der Waals surface area contributed by atoms with Crippen LogP contribution in [0.15, 0.2) is 0 Å². The van der Waals surface area contributed by atoms with E-state index in [-0.39, 0.29) is 19.3 Å². The van der Waals surface area contributed by atoms with Crippen molar-refractivity contribution in [2.24, 2.45) is 5.73 Å². The van der Waals surface area contributed by atoms with Crippen molar-refractivity contribution in [1.29, 1.82) is 0 Å². The number of hydrogen-bond acceptors (Lipinski definition) is 7. The highest BCUT2D eigenvalue weighted by molar-refractivity contribution is 7.40. The van der Waals surface area contributed by atoms with E-state index in [0.29, 0.717) is 25.7 Å². The third kappa shape index (κ3) is 21.7. The minimum absolute atomic E-state index is 0.0254. The Labute approximate surface area is 302 Å². The number of hydrogen-bond donors (Lipinski definition) is 3. The van der Waals surface area contributed by atoms with Crippen LogP contribution in [-0.4, -0.2) is 33.6 Å². The molecule has 0 aliphatic carbocycles. The van der Waals surface area contributed by atoms with Crippen LogP contribution in [0.1, 0.15) is 226 Å². The largest absolute Gasteiger partial charge is 0.593 e. The normalized spacial score (nSPS) is 14.3. The predicted molar refractivity (Wildman–Crippen MR) is 202 cm³/mol. The Morgan fingerprint density at radius 2 is 0.776 bits per heavy atom. The van der Waals surface area contributed by atoms with Gasteiger partial charge in [0.1, 0.15) is 0 Å². The highest BCUT2D eigenvalue weighted by atomic mass is 31.1. The average Bonchev–Trinajstić information content (AvgIpc) is 3.08. The van der Waals surface area contributed by atoms with Gasteiger partial charge in [-0.05, 0) is 19.3 Å². The quantitative estimate of drug-likeness (QED) is 0.0329. The number of carbonyl (C=O) groups excluding carboxylic acids is 3. The number of rotatable bonds is 37. The van der Waals surface area contributed by atoms with Crippen LogP contribution in [0.3, 0.4) is 0 Å². The molecular weight excluding hydrogens is 635 g/mol. The molecule has 0 bridgehead atoms. The molecule has 49 heavy (non-hydrogen) atoms. The van der Waals surface area contributed by atoms with Crippen LogP contribution in [0.5, 0.6) is 0 Å². The Morgan fingerprint density at radius 3 is 1.10 bits per heavy atom. The van der Waals surface area contributed by atoms with E-state index < -0.39 is 36.5 Å². The molecule has 288 valence electrons. The molecule has 3 atom stereocenters. The minimum Gasteiger partial charge on any atom is -0.593 e. The summed E-state index contributed by atoms with van der Waals surface area (Å²) in [6, 6.07) is 0. The van der Waals surface area contributed by atoms with Gasteiger partial charge in [0.15, 0.2) is 5.78 Å². The van der Waals surface area contributed by atoms with Crippen molar-refractivity contribution in [2.75, 3.05) is 0 Å². The van der Waals surface area contributed by atoms with Crippen molar-refractivity contribution in [2.45, 2.75) is 237 Å². The third-order valence-corrected chi connectivity index (χ3v) is 11.1. The van der Waals surface area contributed by atoms with Crippen LogP contribution in [0.4, 0.5) is 0 Å². The lowest BCUT2D eigenvalue weighted by molar-refractivity contribution is -0.189. The molecule has 3 unspecified atom stereocenters. The molecule has 0 saturated carbocycles. The van der Waals surface area contributed by atoms with Gasteiger partial charge in [0.2, 0.25) is 17.4 Å². The van der Waals surface area contributed by atoms with Crippen LogP contribution in [0.2, 0.25) is 0 Å². The van der Waals surface area contributed by atoms with E-state index in [4.69, 9.17) is 5.73 Å². The van der Waals surface area contributed by atoms with Gasteiger partial charge in [-0.2, -0.15) is 0 Å². The van der Waals surface area contributed by atoms with E-state index in [2.05, 4.69) is 19.2 Å². The number of amides is 1. The van der Waals surface area contributed by atoms with Crippen LogP contribution >= 0.6 is 8.03 Å². The van der Waals surface area contributed by atoms with Gasteiger partial charge in [-0.15, -0.1) is 0 Å². The van der Waals surface area contributed by atoms with E-state index in [1.54, 1.807) is 0 Å². The van der Waals surface area contributed by atoms with E-state index in [1.165, 1.54) is 103 Å². The molecule has 0 radical (unpaired) electrons. The number of aliphatic hydroxyl groups is 1. The first-order chi connectivity index (χ1) is 23.6. The standard InChI is InChI=1S/C40H77N2O6P/c1-4-7-10-12-14-16-18-20-22-24-26-28-31-33-36(43)39(41,42-38(45)35-30-9-6-3)40(46,49(47)48)37(44)34-32-29-27-25-23-21-19-17-15-13-11-8-5-2/h46H,4-35,41H2,1-3H3,(H,42,45). The SMILES string of the molecule is CCCCCCCCCCCCCCCC(=O)C(N)(NC(=O)CCCCC)C(O)(C(=O)CCCCCCCCCCCCCCC)[P+](=O)[O-]. The summed E-state index contributed by atoms with van der Waals surface area (Å²) < 4.78 is 12.6. The molecular formula is C40H77N2O6P. The molecule has 0 rings (SSSR count). The fourth-order valence-corrected chi connectivity index (χ4v) is 7.40. The molecule has 0 heterocycles. The summed E-state index contributed by atoms with van der Waals surface area (Å²) in [6.45, 7) is 6.44. The second-order valence-corrected chi connectivity index (χ2v) is 15.7. The third-order valence-electron chi connectivity index (χ3n) is 10.0. The smallest absolute Gasteiger partial charge is 0.362 e. The summed E-state index contributed by atoms with van der Waals surface area (Å²) in [5.41, 5.74) is 3.66. The maximum atomic E-state index is 13.6. The topological polar surface area (TPSA) is 150 Å². The first kappa shape index (κ1) is 47.8. The molecule has 4 N–H and O–H groups in total. The van der Waals surface area contributed by atoms with E-state index in [1.807, 2.05) is 6.92 Å². The summed E-state index contributed by atoms with van der Waals surface area (Å²) in [6.07, 6.45) is 30.9. The lowest BCUT2D eigenvalue weighted by Crippen LogP contribution is -2.76. The minimum atomic E-state index is -3.89. The Morgan fingerprint density at radius 1 is 0.510 bits per heavy atom. The number of ketones is 2. The molecule has 0 aliphatic rings. The van der Waals surface area contributed by atoms with Crippen molar-refractivity contribution in [3.05, 3.63) is 0 Å². The Kier molecular flexibility index (Phi) is 30.7. The lowest BCUT2D eigenvalue weighted by Gasteiger charge is -2.36. The highest BCUT2D eigenvalue weighted by Crippen LogP contribution is 2.40. The van der Waals surface area contributed by atoms with Gasteiger partial charge >= 0.3 is 13.4 Å². The maximum absolute atomic E-state index is 13.6. The zero-order valence-electron chi connectivity index (χ0n) is 32.1. The first-order valence-electron chi connectivity index (χ1n) is 20.6. The van der Waals surface area contributed by atoms with E-state index in [9.17, 15) is 28.9 Å². The molecule has 0 saturated heterocycles. The Bertz CT molecular complexity index is 872. The number of carbonyl (C=O) groups is 3. The average molecular weight is 713 g/mol. The first-order valence-corrected chi connectivity index (χ1v) is 21.8. The predicted octanol–water partition coefficient (Wildman–Crippen LogP) is 10.2. The molecule has 0 aromatic carbocycles. The van der Waals surface area contributed by atoms with Gasteiger partial charge in [0, 0.05) is 19.3 Å². The summed E-state index contributed by atoms with van der Waals surface area (Å²) in [5.74, 6) is -2.49. The van der Waals surface area contributed by atoms with Crippen molar-refractivity contribution in [3.8, 4) is 0 Å². The molecule has 0 aliphatic heterocycles. The van der Waals surface area contributed by atoms with Crippen molar-refractivity contribution in [1.82, 2.24) is 5.32 Å². The molecule has 0 fully saturated rings. The molecule has 1 amide bonds. The summed E-state index contributed by atoms with van der Waals surface area (Å²) >= 11 is 0. The fourth-order valence-electron chi connectivity index (χ4n) is 6.61. The lowest BCUT2D eigenvalue weighted by atomic mass is 9.88. The molecule has 9 heteroatoms. The van der Waals surface area contributed by atoms with Crippen molar-refractivity contribution in [3.63, 3.8) is 0 Å². The van der Waals surface area contributed by atoms with Crippen LogP contribution in [0, 0.1) is 0 Å². The van der Waals surface area contributed by atoms with E-state index in [0.717, 1.165) is 57.8 Å². The zero-order valence-corrected chi connectivity index (χ0v) is 33.0. The monoisotopic (exact) mass is 713 g/mol. The Hall–Kier alpha value is -1.21. The second kappa shape index (κ2) is 31.5. The Balaban J connectivity index is 4.93. The van der Waals surface area contributed by atoms with Gasteiger partial charge < -0.3 is 15.3 Å². The number of nitrogens with two attached hydrogens (primary N) is 1. The summed E-state index contributed by atoms with van der Waals surface area (Å²) in [7, 11) is -3.89. The maximum Gasteiger partial charge on any atom is 0.362 e. The van der Waals surface area contributed by atoms with Gasteiger partial charge in [-0.1, -0.05) is 192 Å². The highest BCUT2D eigenvalue weighted by Gasteiger charge is 2.67. The van der Waals surface area contributed by atoms with Crippen molar-refractivity contribution < 1.29 is 28.9 Å². The number of unbranched alkanes of at least 4 members (excludes halogenated alkanes) is 26. The number of Topliss-reactive ketones (excluding diaryl/α,β-unsaturated/α-hetero) is 2. The van der Waals surface area contributed by atoms with E-state index >= 15 is 0 Å². The van der Waals surface area contributed by atoms with Crippen LogP contribution < -0.4 is 15.9 Å². The van der Waals surface area contributed by atoms with Gasteiger partial charge in [0.05, 0.1) is 0 Å². The number of nitrogens with one attached hydrogen (secondary N) is 1. The summed E-state index contributed by atoms with van der Waals surface area (Å²) in [5, 5.41) is 10.6. The summed E-state index contributed by atoms with van der Waals surface area (Å²) in [4.78, 5) is 52.3.